The number of benzene rings is 2. The summed E-state index contributed by atoms with van der Waals surface area (Å²) in [5.74, 6) is -0.641. The van der Waals surface area contributed by atoms with Gasteiger partial charge in [-0.15, -0.1) is 10.2 Å². The Hall–Kier alpha value is -3.02. The lowest BCUT2D eigenvalue weighted by Gasteiger charge is -2.12. The number of nitrogens with one attached hydrogen (secondary N) is 3. The molecular formula is C20H20ClN5O4S2. The standard InChI is InChI=1S/C20H20ClN5O4S2/c1-12(2)11-22-18(28)15-5-3-4-6-16(15)26-32(29,30)20-25-24-19(31-20)23-17(27)13-7-9-14(21)10-8-13/h3-10,12,26H,11H2,1-2H3,(H,22,28)(H,23,24,27). The fourth-order valence-corrected chi connectivity index (χ4v) is 4.59. The Morgan fingerprint density at radius 3 is 2.41 bits per heavy atom. The van der Waals surface area contributed by atoms with Crippen molar-refractivity contribution < 1.29 is 18.0 Å². The Labute approximate surface area is 194 Å². The Morgan fingerprint density at radius 1 is 1.03 bits per heavy atom. The summed E-state index contributed by atoms with van der Waals surface area (Å²) in [5, 5.41) is 13.1. The van der Waals surface area contributed by atoms with Gasteiger partial charge >= 0.3 is 0 Å². The molecule has 0 unspecified atom stereocenters. The van der Waals surface area contributed by atoms with Gasteiger partial charge in [-0.25, -0.2) is 0 Å². The van der Waals surface area contributed by atoms with Gasteiger partial charge in [0.05, 0.1) is 11.3 Å². The van der Waals surface area contributed by atoms with E-state index in [1.165, 1.54) is 24.3 Å². The summed E-state index contributed by atoms with van der Waals surface area (Å²) in [4.78, 5) is 24.7. The molecule has 0 atom stereocenters. The molecule has 2 amide bonds. The van der Waals surface area contributed by atoms with Crippen molar-refractivity contribution in [2.45, 2.75) is 18.2 Å². The molecule has 3 N–H and O–H groups in total. The smallest absolute Gasteiger partial charge is 0.291 e. The van der Waals surface area contributed by atoms with Crippen LogP contribution < -0.4 is 15.4 Å². The molecule has 0 aliphatic heterocycles. The van der Waals surface area contributed by atoms with E-state index in [1.807, 2.05) is 13.8 Å². The summed E-state index contributed by atoms with van der Waals surface area (Å²) in [6, 6.07) is 12.4. The summed E-state index contributed by atoms with van der Waals surface area (Å²) >= 11 is 6.49. The molecule has 0 saturated carbocycles. The van der Waals surface area contributed by atoms with Crippen LogP contribution in [0.4, 0.5) is 10.8 Å². The minimum absolute atomic E-state index is 0.00767. The molecule has 0 bridgehead atoms. The van der Waals surface area contributed by atoms with Crippen molar-refractivity contribution in [1.29, 1.82) is 0 Å². The van der Waals surface area contributed by atoms with Gasteiger partial charge in [0.2, 0.25) is 5.13 Å². The average molecular weight is 494 g/mol. The highest BCUT2D eigenvalue weighted by molar-refractivity contribution is 7.94. The molecule has 1 heterocycles. The van der Waals surface area contributed by atoms with Crippen molar-refractivity contribution in [3.8, 4) is 0 Å². The van der Waals surface area contributed by atoms with Crippen LogP contribution in [0.5, 0.6) is 0 Å². The Bertz CT molecular complexity index is 1230. The topological polar surface area (TPSA) is 130 Å². The van der Waals surface area contributed by atoms with Crippen LogP contribution in [0.25, 0.3) is 0 Å². The molecule has 168 valence electrons. The maximum atomic E-state index is 12.8. The molecule has 1 aromatic heterocycles. The van der Waals surface area contributed by atoms with Crippen LogP contribution in [-0.2, 0) is 10.0 Å². The normalized spacial score (nSPS) is 11.2. The van der Waals surface area contributed by atoms with E-state index in [2.05, 4.69) is 25.6 Å². The zero-order chi connectivity index (χ0) is 23.3. The third-order valence-corrected chi connectivity index (χ3v) is 6.87. The maximum Gasteiger partial charge on any atom is 0.291 e. The zero-order valence-electron chi connectivity index (χ0n) is 17.1. The number of sulfonamides is 1. The first-order chi connectivity index (χ1) is 15.2. The average Bonchev–Trinajstić information content (AvgIpc) is 3.22. The summed E-state index contributed by atoms with van der Waals surface area (Å²) in [7, 11) is -4.14. The number of carbonyl (C=O) groups excluding carboxylic acids is 2. The lowest BCUT2D eigenvalue weighted by Crippen LogP contribution is -2.28. The van der Waals surface area contributed by atoms with E-state index in [9.17, 15) is 18.0 Å². The minimum atomic E-state index is -4.14. The second kappa shape index (κ2) is 10.1. The predicted octanol–water partition coefficient (Wildman–Crippen LogP) is 3.63. The third-order valence-electron chi connectivity index (χ3n) is 4.05. The van der Waals surface area contributed by atoms with Gasteiger partial charge < -0.3 is 5.32 Å². The van der Waals surface area contributed by atoms with Crippen LogP contribution in [0, 0.1) is 5.92 Å². The number of hydrogen-bond donors (Lipinski definition) is 3. The number of aromatic nitrogens is 2. The summed E-state index contributed by atoms with van der Waals surface area (Å²) in [6.45, 7) is 4.36. The molecule has 0 saturated heterocycles. The number of para-hydroxylation sites is 1. The second-order valence-electron chi connectivity index (χ2n) is 7.09. The SMILES string of the molecule is CC(C)CNC(=O)c1ccccc1NS(=O)(=O)c1nnc(NC(=O)c2ccc(Cl)cc2)s1. The molecule has 0 radical (unpaired) electrons. The molecule has 32 heavy (non-hydrogen) atoms. The highest BCUT2D eigenvalue weighted by Crippen LogP contribution is 2.25. The van der Waals surface area contributed by atoms with Gasteiger partial charge in [-0.3, -0.25) is 19.6 Å². The minimum Gasteiger partial charge on any atom is -0.352 e. The van der Waals surface area contributed by atoms with E-state index in [0.29, 0.717) is 28.5 Å². The fourth-order valence-electron chi connectivity index (χ4n) is 2.49. The number of nitrogens with zero attached hydrogens (tertiary/aromatic N) is 2. The van der Waals surface area contributed by atoms with Gasteiger partial charge in [-0.05, 0) is 42.3 Å². The second-order valence-corrected chi connectivity index (χ2v) is 10.4. The number of carbonyl (C=O) groups is 2. The lowest BCUT2D eigenvalue weighted by molar-refractivity contribution is 0.0949. The summed E-state index contributed by atoms with van der Waals surface area (Å²) in [5.41, 5.74) is 0.613. The van der Waals surface area contributed by atoms with E-state index in [-0.39, 0.29) is 26.6 Å². The van der Waals surface area contributed by atoms with Gasteiger partial charge in [0.25, 0.3) is 26.2 Å². The maximum absolute atomic E-state index is 12.8. The Morgan fingerprint density at radius 2 is 1.72 bits per heavy atom. The summed E-state index contributed by atoms with van der Waals surface area (Å²) < 4.78 is 27.6. The molecule has 0 aliphatic rings. The van der Waals surface area contributed by atoms with Crippen molar-refractivity contribution in [3.05, 3.63) is 64.7 Å². The summed E-state index contributed by atoms with van der Waals surface area (Å²) in [6.07, 6.45) is 0. The van der Waals surface area contributed by atoms with E-state index < -0.39 is 21.8 Å². The number of hydrogen-bond acceptors (Lipinski definition) is 7. The monoisotopic (exact) mass is 493 g/mol. The number of anilines is 2. The zero-order valence-corrected chi connectivity index (χ0v) is 19.5. The van der Waals surface area contributed by atoms with E-state index in [4.69, 9.17) is 11.6 Å². The van der Waals surface area contributed by atoms with Crippen LogP contribution in [0.1, 0.15) is 34.6 Å². The van der Waals surface area contributed by atoms with Crippen LogP contribution in [-0.4, -0.2) is 37.0 Å². The van der Waals surface area contributed by atoms with Gasteiger partial charge in [-0.2, -0.15) is 8.42 Å². The molecule has 0 aliphatic carbocycles. The first-order valence-electron chi connectivity index (χ1n) is 9.46. The highest BCUT2D eigenvalue weighted by atomic mass is 35.5. The Balaban J connectivity index is 1.74. The van der Waals surface area contributed by atoms with E-state index in [0.717, 1.165) is 0 Å². The molecule has 3 rings (SSSR count). The highest BCUT2D eigenvalue weighted by Gasteiger charge is 2.23. The van der Waals surface area contributed by atoms with E-state index >= 15 is 0 Å². The molecule has 2 aromatic carbocycles. The lowest BCUT2D eigenvalue weighted by atomic mass is 10.1. The molecular weight excluding hydrogens is 474 g/mol. The molecule has 9 nitrogen and oxygen atoms in total. The van der Waals surface area contributed by atoms with E-state index in [1.54, 1.807) is 24.3 Å². The van der Waals surface area contributed by atoms with Crippen LogP contribution in [0.15, 0.2) is 52.9 Å². The molecule has 0 fully saturated rings. The van der Waals surface area contributed by atoms with Crippen molar-refractivity contribution in [2.75, 3.05) is 16.6 Å². The van der Waals surface area contributed by atoms with Gasteiger partial charge in [0, 0.05) is 17.1 Å². The van der Waals surface area contributed by atoms with Crippen molar-refractivity contribution >= 4 is 55.6 Å². The van der Waals surface area contributed by atoms with Crippen molar-refractivity contribution in [3.63, 3.8) is 0 Å². The largest absolute Gasteiger partial charge is 0.352 e. The fraction of sp³-hybridized carbons (Fsp3) is 0.200. The van der Waals surface area contributed by atoms with Gasteiger partial charge in [-0.1, -0.05) is 48.9 Å². The number of halogens is 1. The van der Waals surface area contributed by atoms with Crippen LogP contribution in [0.3, 0.4) is 0 Å². The number of amides is 2. The first kappa shape index (κ1) is 23.6. The van der Waals surface area contributed by atoms with Gasteiger partial charge in [0.15, 0.2) is 0 Å². The molecule has 3 aromatic rings. The third kappa shape index (κ3) is 6.02. The molecule has 12 heteroatoms. The quantitative estimate of drug-likeness (QED) is 0.411. The van der Waals surface area contributed by atoms with Gasteiger partial charge in [0.1, 0.15) is 0 Å². The predicted molar refractivity (Wildman–Crippen MR) is 124 cm³/mol. The molecule has 0 spiro atoms. The number of rotatable bonds is 8. The Kier molecular flexibility index (Phi) is 7.44. The van der Waals surface area contributed by atoms with Crippen LogP contribution in [0.2, 0.25) is 5.02 Å². The van der Waals surface area contributed by atoms with Crippen LogP contribution >= 0.6 is 22.9 Å². The van der Waals surface area contributed by atoms with Crippen molar-refractivity contribution in [1.82, 2.24) is 15.5 Å². The first-order valence-corrected chi connectivity index (χ1v) is 12.1. The van der Waals surface area contributed by atoms with Crippen molar-refractivity contribution in [2.24, 2.45) is 5.92 Å².